The Morgan fingerprint density at radius 3 is 2.55 bits per heavy atom. The van der Waals surface area contributed by atoms with Gasteiger partial charge in [-0.2, -0.15) is 13.2 Å². The third-order valence-electron chi connectivity index (χ3n) is 4.09. The van der Waals surface area contributed by atoms with Gasteiger partial charge in [0.2, 0.25) is 0 Å². The van der Waals surface area contributed by atoms with Crippen LogP contribution in [0.1, 0.15) is 25.7 Å². The Hall–Kier alpha value is -0.370. The molecule has 1 atom stereocenters. The SMILES string of the molecule is OC1(C(F)(F)F)CCN(CCOCC2CCCO2)CC1. The van der Waals surface area contributed by atoms with Crippen LogP contribution in [0.25, 0.3) is 0 Å². The molecule has 0 aromatic heterocycles. The topological polar surface area (TPSA) is 41.9 Å². The minimum absolute atomic E-state index is 0.173. The highest BCUT2D eigenvalue weighted by molar-refractivity contribution is 4.91. The molecule has 0 spiro atoms. The lowest BCUT2D eigenvalue weighted by atomic mass is 9.91. The molecule has 4 nitrogen and oxygen atoms in total. The Balaban J connectivity index is 1.60. The lowest BCUT2D eigenvalue weighted by Gasteiger charge is -2.39. The highest BCUT2D eigenvalue weighted by Crippen LogP contribution is 2.38. The number of hydrogen-bond donors (Lipinski definition) is 1. The van der Waals surface area contributed by atoms with Crippen LogP contribution in [-0.2, 0) is 9.47 Å². The molecular weight excluding hydrogens is 275 g/mol. The average Bonchev–Trinajstić information content (AvgIpc) is 2.89. The van der Waals surface area contributed by atoms with Crippen LogP contribution in [0.5, 0.6) is 0 Å². The summed E-state index contributed by atoms with van der Waals surface area (Å²) in [7, 11) is 0. The number of nitrogens with zero attached hydrogens (tertiary/aromatic N) is 1. The maximum Gasteiger partial charge on any atom is 0.417 e. The molecule has 2 aliphatic rings. The molecule has 0 radical (unpaired) electrons. The monoisotopic (exact) mass is 297 g/mol. The second-order valence-corrected chi connectivity index (χ2v) is 5.58. The predicted octanol–water partition coefficient (Wildman–Crippen LogP) is 1.57. The highest BCUT2D eigenvalue weighted by Gasteiger charge is 2.54. The van der Waals surface area contributed by atoms with Gasteiger partial charge in [0, 0.05) is 26.2 Å². The normalized spacial score (nSPS) is 27.9. The van der Waals surface area contributed by atoms with Gasteiger partial charge < -0.3 is 19.5 Å². The Kier molecular flexibility index (Phi) is 5.28. The van der Waals surface area contributed by atoms with Crippen molar-refractivity contribution in [3.63, 3.8) is 0 Å². The van der Waals surface area contributed by atoms with E-state index in [2.05, 4.69) is 0 Å². The van der Waals surface area contributed by atoms with E-state index in [4.69, 9.17) is 9.47 Å². The minimum atomic E-state index is -4.53. The summed E-state index contributed by atoms with van der Waals surface area (Å²) in [5.74, 6) is 0. The zero-order valence-corrected chi connectivity index (χ0v) is 11.5. The number of alkyl halides is 3. The Morgan fingerprint density at radius 1 is 1.30 bits per heavy atom. The van der Waals surface area contributed by atoms with Gasteiger partial charge in [0.1, 0.15) is 0 Å². The molecule has 0 amide bonds. The molecule has 2 heterocycles. The molecule has 0 aromatic carbocycles. The summed E-state index contributed by atoms with van der Waals surface area (Å²) in [6.07, 6.45) is -2.80. The summed E-state index contributed by atoms with van der Waals surface area (Å²) in [6.45, 7) is 2.93. The quantitative estimate of drug-likeness (QED) is 0.782. The summed E-state index contributed by atoms with van der Waals surface area (Å²) in [4.78, 5) is 1.90. The first-order chi connectivity index (χ1) is 9.41. The molecule has 2 saturated heterocycles. The molecule has 2 rings (SSSR count). The highest BCUT2D eigenvalue weighted by atomic mass is 19.4. The van der Waals surface area contributed by atoms with Crippen LogP contribution in [0, 0.1) is 0 Å². The average molecular weight is 297 g/mol. The summed E-state index contributed by atoms with van der Waals surface area (Å²) >= 11 is 0. The van der Waals surface area contributed by atoms with Crippen LogP contribution < -0.4 is 0 Å². The first-order valence-electron chi connectivity index (χ1n) is 7.11. The molecule has 0 bridgehead atoms. The smallest absolute Gasteiger partial charge is 0.380 e. The molecule has 0 aliphatic carbocycles. The van der Waals surface area contributed by atoms with Crippen LogP contribution in [0.3, 0.4) is 0 Å². The second-order valence-electron chi connectivity index (χ2n) is 5.58. The first-order valence-corrected chi connectivity index (χ1v) is 7.11. The number of ether oxygens (including phenoxy) is 2. The molecule has 2 aliphatic heterocycles. The van der Waals surface area contributed by atoms with Crippen molar-refractivity contribution in [2.75, 3.05) is 39.5 Å². The lowest BCUT2D eigenvalue weighted by molar-refractivity contribution is -0.272. The van der Waals surface area contributed by atoms with E-state index in [-0.39, 0.29) is 32.0 Å². The molecule has 1 unspecified atom stereocenters. The van der Waals surface area contributed by atoms with E-state index in [1.54, 1.807) is 0 Å². The van der Waals surface area contributed by atoms with E-state index in [0.717, 1.165) is 19.4 Å². The molecular formula is C13H22F3NO3. The fraction of sp³-hybridized carbons (Fsp3) is 1.00. The Morgan fingerprint density at radius 2 is 2.00 bits per heavy atom. The predicted molar refractivity (Wildman–Crippen MR) is 66.5 cm³/mol. The number of halogens is 3. The van der Waals surface area contributed by atoms with Crippen molar-refractivity contribution in [3.05, 3.63) is 0 Å². The number of hydrogen-bond acceptors (Lipinski definition) is 4. The van der Waals surface area contributed by atoms with Crippen molar-refractivity contribution in [1.29, 1.82) is 0 Å². The molecule has 118 valence electrons. The van der Waals surface area contributed by atoms with E-state index in [1.165, 1.54) is 0 Å². The summed E-state index contributed by atoms with van der Waals surface area (Å²) in [5.41, 5.74) is -2.51. The standard InChI is InChI=1S/C13H22F3NO3/c14-13(15,16)12(18)3-5-17(6-4-12)7-9-19-10-11-2-1-8-20-11/h11,18H,1-10H2. The van der Waals surface area contributed by atoms with Crippen molar-refractivity contribution >= 4 is 0 Å². The van der Waals surface area contributed by atoms with Crippen LogP contribution in [-0.4, -0.2) is 67.3 Å². The molecule has 2 fully saturated rings. The van der Waals surface area contributed by atoms with Crippen molar-refractivity contribution < 1.29 is 27.8 Å². The van der Waals surface area contributed by atoms with Crippen molar-refractivity contribution in [2.24, 2.45) is 0 Å². The lowest BCUT2D eigenvalue weighted by Crippen LogP contribution is -2.53. The van der Waals surface area contributed by atoms with E-state index in [9.17, 15) is 18.3 Å². The van der Waals surface area contributed by atoms with Crippen LogP contribution in [0.15, 0.2) is 0 Å². The van der Waals surface area contributed by atoms with Crippen molar-refractivity contribution in [2.45, 2.75) is 43.6 Å². The second kappa shape index (κ2) is 6.60. The third-order valence-corrected chi connectivity index (χ3v) is 4.09. The largest absolute Gasteiger partial charge is 0.417 e. The van der Waals surface area contributed by atoms with Crippen LogP contribution in [0.2, 0.25) is 0 Å². The molecule has 0 saturated carbocycles. The zero-order chi connectivity index (χ0) is 14.6. The van der Waals surface area contributed by atoms with Gasteiger partial charge in [-0.1, -0.05) is 0 Å². The minimum Gasteiger partial charge on any atom is -0.380 e. The molecule has 7 heteroatoms. The van der Waals surface area contributed by atoms with Crippen LogP contribution in [0.4, 0.5) is 13.2 Å². The van der Waals surface area contributed by atoms with Crippen molar-refractivity contribution in [1.82, 2.24) is 4.90 Å². The molecule has 0 aromatic rings. The summed E-state index contributed by atoms with van der Waals surface area (Å²) < 4.78 is 48.8. The van der Waals surface area contributed by atoms with Gasteiger partial charge >= 0.3 is 6.18 Å². The van der Waals surface area contributed by atoms with Gasteiger partial charge in [-0.05, 0) is 25.7 Å². The van der Waals surface area contributed by atoms with Gasteiger partial charge in [0.05, 0.1) is 19.3 Å². The first kappa shape index (κ1) is 16.0. The summed E-state index contributed by atoms with van der Waals surface area (Å²) in [6, 6.07) is 0. The Bertz CT molecular complexity index is 298. The van der Waals surface area contributed by atoms with Gasteiger partial charge in [-0.3, -0.25) is 0 Å². The maximum atomic E-state index is 12.6. The van der Waals surface area contributed by atoms with Gasteiger partial charge in [0.15, 0.2) is 5.60 Å². The Labute approximate surface area is 116 Å². The number of aliphatic hydroxyl groups is 1. The van der Waals surface area contributed by atoms with Crippen molar-refractivity contribution in [3.8, 4) is 0 Å². The summed E-state index contributed by atoms with van der Waals surface area (Å²) in [5, 5.41) is 9.54. The van der Waals surface area contributed by atoms with E-state index in [0.29, 0.717) is 19.8 Å². The van der Waals surface area contributed by atoms with E-state index in [1.807, 2.05) is 4.90 Å². The van der Waals surface area contributed by atoms with E-state index >= 15 is 0 Å². The number of piperidine rings is 1. The van der Waals surface area contributed by atoms with Gasteiger partial charge in [-0.25, -0.2) is 0 Å². The van der Waals surface area contributed by atoms with E-state index < -0.39 is 11.8 Å². The van der Waals surface area contributed by atoms with Crippen LogP contribution >= 0.6 is 0 Å². The van der Waals surface area contributed by atoms with Gasteiger partial charge in [0.25, 0.3) is 0 Å². The number of rotatable bonds is 5. The third kappa shape index (κ3) is 4.07. The van der Waals surface area contributed by atoms with Gasteiger partial charge in [-0.15, -0.1) is 0 Å². The fourth-order valence-electron chi connectivity index (χ4n) is 2.61. The number of likely N-dealkylation sites (tertiary alicyclic amines) is 1. The zero-order valence-electron chi connectivity index (χ0n) is 11.5. The fourth-order valence-corrected chi connectivity index (χ4v) is 2.61. The molecule has 1 N–H and O–H groups in total. The maximum absolute atomic E-state index is 12.6. The molecule has 20 heavy (non-hydrogen) atoms.